The van der Waals surface area contributed by atoms with Crippen LogP contribution in [0.3, 0.4) is 0 Å². The summed E-state index contributed by atoms with van der Waals surface area (Å²) in [5.41, 5.74) is 0.0411. The van der Waals surface area contributed by atoms with E-state index in [2.05, 4.69) is 4.98 Å². The van der Waals surface area contributed by atoms with Gasteiger partial charge in [-0.15, -0.1) is 0 Å². The second-order valence-corrected chi connectivity index (χ2v) is 6.24. The van der Waals surface area contributed by atoms with Crippen LogP contribution < -0.4 is 5.56 Å². The predicted octanol–water partition coefficient (Wildman–Crippen LogP) is 1.29. The number of aromatic nitrogens is 1. The smallest absolute Gasteiger partial charge is 0.319 e. The number of carboxylic acid groups (broad SMARTS) is 1. The van der Waals surface area contributed by atoms with Gasteiger partial charge in [0.2, 0.25) is 5.91 Å². The molecule has 6 nitrogen and oxygen atoms in total. The van der Waals surface area contributed by atoms with Gasteiger partial charge in [0.25, 0.3) is 5.56 Å². The number of carboxylic acids is 1. The van der Waals surface area contributed by atoms with E-state index < -0.39 is 11.4 Å². The van der Waals surface area contributed by atoms with Crippen molar-refractivity contribution in [1.29, 1.82) is 0 Å². The number of amides is 1. The summed E-state index contributed by atoms with van der Waals surface area (Å²) >= 11 is 0. The van der Waals surface area contributed by atoms with Crippen molar-refractivity contribution in [2.24, 2.45) is 5.41 Å². The molecule has 0 bridgehead atoms. The number of carbonyl (C=O) groups is 2. The van der Waals surface area contributed by atoms with Crippen molar-refractivity contribution in [2.45, 2.75) is 45.1 Å². The Morgan fingerprint density at radius 1 is 1.23 bits per heavy atom. The third kappa shape index (κ3) is 2.32. The van der Waals surface area contributed by atoms with Crippen LogP contribution in [0.15, 0.2) is 17.1 Å². The molecule has 3 rings (SSSR count). The molecule has 0 atom stereocenters. The summed E-state index contributed by atoms with van der Waals surface area (Å²) < 4.78 is 0. The van der Waals surface area contributed by atoms with E-state index in [0.29, 0.717) is 31.4 Å². The Morgan fingerprint density at radius 2 is 1.95 bits per heavy atom. The standard InChI is InChI=1S/C16H20N2O4/c19-13-12-10-18(9-5-11(12)4-8-17-13)14(20)16(15(21)22)6-2-1-3-7-16/h4,8H,1-3,5-7,9-10H2,(H,17,19)(H,21,22). The third-order valence-electron chi connectivity index (χ3n) is 4.97. The Labute approximate surface area is 128 Å². The van der Waals surface area contributed by atoms with Crippen LogP contribution in [0.1, 0.15) is 43.2 Å². The molecule has 0 spiro atoms. The molecule has 22 heavy (non-hydrogen) atoms. The number of nitrogens with one attached hydrogen (secondary N) is 1. The van der Waals surface area contributed by atoms with E-state index in [9.17, 15) is 19.5 Å². The molecule has 6 heteroatoms. The lowest BCUT2D eigenvalue weighted by Gasteiger charge is -2.38. The van der Waals surface area contributed by atoms with Crippen LogP contribution in [-0.4, -0.2) is 33.4 Å². The van der Waals surface area contributed by atoms with E-state index in [0.717, 1.165) is 24.8 Å². The number of pyridine rings is 1. The number of aromatic amines is 1. The molecular formula is C16H20N2O4. The Balaban J connectivity index is 1.88. The molecule has 0 unspecified atom stereocenters. The molecule has 1 aliphatic heterocycles. The Kier molecular flexibility index (Phi) is 3.76. The highest BCUT2D eigenvalue weighted by molar-refractivity contribution is 6.02. The monoisotopic (exact) mass is 304 g/mol. The molecule has 1 aromatic heterocycles. The zero-order valence-electron chi connectivity index (χ0n) is 12.4. The van der Waals surface area contributed by atoms with Gasteiger partial charge in [-0.2, -0.15) is 0 Å². The summed E-state index contributed by atoms with van der Waals surface area (Å²) in [6.45, 7) is 0.684. The number of rotatable bonds is 2. The summed E-state index contributed by atoms with van der Waals surface area (Å²) in [5, 5.41) is 9.62. The lowest BCUT2D eigenvalue weighted by atomic mass is 9.72. The van der Waals surface area contributed by atoms with Crippen molar-refractivity contribution in [3.8, 4) is 0 Å². The van der Waals surface area contributed by atoms with E-state index in [1.54, 1.807) is 11.1 Å². The number of nitrogens with zero attached hydrogens (tertiary/aromatic N) is 1. The first-order valence-corrected chi connectivity index (χ1v) is 7.77. The van der Waals surface area contributed by atoms with E-state index in [1.165, 1.54) is 0 Å². The largest absolute Gasteiger partial charge is 0.480 e. The number of fused-ring (bicyclic) bond motifs is 1. The van der Waals surface area contributed by atoms with Crippen molar-refractivity contribution >= 4 is 11.9 Å². The molecule has 118 valence electrons. The van der Waals surface area contributed by atoms with Crippen molar-refractivity contribution in [2.75, 3.05) is 6.54 Å². The van der Waals surface area contributed by atoms with Crippen LogP contribution in [0.25, 0.3) is 0 Å². The van der Waals surface area contributed by atoms with Crippen LogP contribution in [0.5, 0.6) is 0 Å². The molecule has 1 aromatic rings. The summed E-state index contributed by atoms with van der Waals surface area (Å²) in [6, 6.07) is 1.85. The fraction of sp³-hybridized carbons (Fsp3) is 0.562. The van der Waals surface area contributed by atoms with Gasteiger partial charge >= 0.3 is 5.97 Å². The molecule has 2 aliphatic rings. The number of hydrogen-bond donors (Lipinski definition) is 2. The van der Waals surface area contributed by atoms with Crippen molar-refractivity contribution in [3.05, 3.63) is 33.7 Å². The van der Waals surface area contributed by atoms with Gasteiger partial charge in [0.1, 0.15) is 5.41 Å². The summed E-state index contributed by atoms with van der Waals surface area (Å²) in [5.74, 6) is -1.35. The van der Waals surface area contributed by atoms with Crippen molar-refractivity contribution < 1.29 is 14.7 Å². The van der Waals surface area contributed by atoms with Gasteiger partial charge in [0.15, 0.2) is 0 Å². The highest BCUT2D eigenvalue weighted by atomic mass is 16.4. The molecule has 1 saturated carbocycles. The van der Waals surface area contributed by atoms with Crippen LogP contribution in [0.2, 0.25) is 0 Å². The van der Waals surface area contributed by atoms with E-state index in [1.807, 2.05) is 6.07 Å². The lowest BCUT2D eigenvalue weighted by molar-refractivity contribution is -0.164. The van der Waals surface area contributed by atoms with Crippen LogP contribution in [-0.2, 0) is 22.6 Å². The van der Waals surface area contributed by atoms with Crippen LogP contribution in [0.4, 0.5) is 0 Å². The predicted molar refractivity (Wildman–Crippen MR) is 79.3 cm³/mol. The van der Waals surface area contributed by atoms with E-state index >= 15 is 0 Å². The summed E-state index contributed by atoms with van der Waals surface area (Å²) in [4.78, 5) is 40.7. The van der Waals surface area contributed by atoms with E-state index in [4.69, 9.17) is 0 Å². The van der Waals surface area contributed by atoms with Gasteiger partial charge in [0.05, 0.1) is 6.54 Å². The minimum atomic E-state index is -1.29. The maximum atomic E-state index is 12.9. The number of aliphatic carboxylic acids is 1. The highest BCUT2D eigenvalue weighted by Gasteiger charge is 2.49. The zero-order valence-corrected chi connectivity index (χ0v) is 12.4. The highest BCUT2D eigenvalue weighted by Crippen LogP contribution is 2.39. The zero-order chi connectivity index (χ0) is 15.7. The Bertz CT molecular complexity index is 658. The average molecular weight is 304 g/mol. The minimum absolute atomic E-state index is 0.192. The van der Waals surface area contributed by atoms with Gasteiger partial charge in [-0.25, -0.2) is 0 Å². The molecule has 2 N–H and O–H groups in total. The maximum Gasteiger partial charge on any atom is 0.319 e. The normalized spacial score (nSPS) is 20.3. The van der Waals surface area contributed by atoms with Crippen molar-refractivity contribution in [1.82, 2.24) is 9.88 Å². The molecule has 0 aromatic carbocycles. The molecule has 2 heterocycles. The SMILES string of the molecule is O=C(O)C1(C(=O)N2CCc3cc[nH]c(=O)c3C2)CCCCC1. The topological polar surface area (TPSA) is 90.5 Å². The maximum absolute atomic E-state index is 12.9. The molecular weight excluding hydrogens is 284 g/mol. The van der Waals surface area contributed by atoms with Gasteiger partial charge in [-0.3, -0.25) is 14.4 Å². The summed E-state index contributed by atoms with van der Waals surface area (Å²) in [7, 11) is 0. The molecule has 1 fully saturated rings. The van der Waals surface area contributed by atoms with Crippen molar-refractivity contribution in [3.63, 3.8) is 0 Å². The lowest BCUT2D eigenvalue weighted by Crippen LogP contribution is -2.51. The van der Waals surface area contributed by atoms with Crippen LogP contribution in [0, 0.1) is 5.41 Å². The van der Waals surface area contributed by atoms with E-state index in [-0.39, 0.29) is 18.0 Å². The molecule has 1 aliphatic carbocycles. The Morgan fingerprint density at radius 3 is 2.64 bits per heavy atom. The number of carbonyl (C=O) groups excluding carboxylic acids is 1. The second-order valence-electron chi connectivity index (χ2n) is 6.24. The Hall–Kier alpha value is -2.11. The van der Waals surface area contributed by atoms with Gasteiger partial charge in [0, 0.05) is 18.3 Å². The first-order chi connectivity index (χ1) is 10.5. The quantitative estimate of drug-likeness (QED) is 0.806. The number of hydrogen-bond acceptors (Lipinski definition) is 3. The second kappa shape index (κ2) is 5.59. The molecule has 0 saturated heterocycles. The fourth-order valence-electron chi connectivity index (χ4n) is 3.63. The van der Waals surface area contributed by atoms with Gasteiger partial charge in [-0.05, 0) is 30.9 Å². The van der Waals surface area contributed by atoms with Gasteiger partial charge in [-0.1, -0.05) is 19.3 Å². The molecule has 1 amide bonds. The molecule has 0 radical (unpaired) electrons. The number of H-pyrrole nitrogens is 1. The third-order valence-corrected chi connectivity index (χ3v) is 4.97. The first-order valence-electron chi connectivity index (χ1n) is 7.77. The van der Waals surface area contributed by atoms with Crippen LogP contribution >= 0.6 is 0 Å². The minimum Gasteiger partial charge on any atom is -0.480 e. The fourth-order valence-corrected chi connectivity index (χ4v) is 3.63. The van der Waals surface area contributed by atoms with Gasteiger partial charge < -0.3 is 15.0 Å². The average Bonchev–Trinajstić information content (AvgIpc) is 2.55. The first kappa shape index (κ1) is 14.8. The summed E-state index contributed by atoms with van der Waals surface area (Å²) in [6.07, 6.45) is 5.52.